The quantitative estimate of drug-likeness (QED) is 0.828. The molecule has 2 atom stereocenters. The summed E-state index contributed by atoms with van der Waals surface area (Å²) < 4.78 is 24.4. The van der Waals surface area contributed by atoms with Crippen LogP contribution < -0.4 is 4.90 Å². The Morgan fingerprint density at radius 2 is 1.78 bits per heavy atom. The predicted molar refractivity (Wildman–Crippen MR) is 91.6 cm³/mol. The van der Waals surface area contributed by atoms with Crippen molar-refractivity contribution >= 4 is 33.0 Å². The standard InChI is InChI=1S/C16H21ClN2O3S/c1-11(2)7-18-8-16(20)19(13-5-3-12(17)4-6-13)15-10-23(21,22)9-14(15)18/h3-6,11,14-15H,7-10H2,1-2H3/t14-,15+/m0/s1. The van der Waals surface area contributed by atoms with Gasteiger partial charge in [-0.05, 0) is 30.2 Å². The summed E-state index contributed by atoms with van der Waals surface area (Å²) in [5, 5.41) is 0.593. The number of carbonyl (C=O) groups is 1. The lowest BCUT2D eigenvalue weighted by Crippen LogP contribution is -2.62. The zero-order valence-corrected chi connectivity index (χ0v) is 14.8. The average molecular weight is 357 g/mol. The molecule has 2 aliphatic rings. The minimum Gasteiger partial charge on any atom is -0.306 e. The maximum absolute atomic E-state index is 12.7. The summed E-state index contributed by atoms with van der Waals surface area (Å²) in [5.41, 5.74) is 0.718. The third-order valence-corrected chi connectivity index (χ3v) is 6.36. The number of halogens is 1. The van der Waals surface area contributed by atoms with Crippen LogP contribution in [0.3, 0.4) is 0 Å². The molecular weight excluding hydrogens is 336 g/mol. The number of rotatable bonds is 3. The van der Waals surface area contributed by atoms with Gasteiger partial charge in [-0.25, -0.2) is 8.42 Å². The number of hydrogen-bond donors (Lipinski definition) is 0. The van der Waals surface area contributed by atoms with Gasteiger partial charge in [0.05, 0.1) is 24.1 Å². The molecule has 0 spiro atoms. The van der Waals surface area contributed by atoms with Crippen molar-refractivity contribution in [3.8, 4) is 0 Å². The van der Waals surface area contributed by atoms with Gasteiger partial charge in [-0.2, -0.15) is 0 Å². The molecule has 0 N–H and O–H groups in total. The first-order valence-electron chi connectivity index (χ1n) is 7.79. The van der Waals surface area contributed by atoms with E-state index in [0.717, 1.165) is 12.2 Å². The summed E-state index contributed by atoms with van der Waals surface area (Å²) in [6, 6.07) is 6.56. The normalized spacial score (nSPS) is 27.5. The van der Waals surface area contributed by atoms with Crippen LogP contribution in [0.25, 0.3) is 0 Å². The van der Waals surface area contributed by atoms with E-state index in [1.54, 1.807) is 29.2 Å². The first-order valence-corrected chi connectivity index (χ1v) is 9.99. The van der Waals surface area contributed by atoms with Gasteiger partial charge in [0.15, 0.2) is 9.84 Å². The van der Waals surface area contributed by atoms with E-state index in [0.29, 0.717) is 10.9 Å². The van der Waals surface area contributed by atoms with Gasteiger partial charge in [-0.1, -0.05) is 25.4 Å². The summed E-state index contributed by atoms with van der Waals surface area (Å²) in [4.78, 5) is 16.4. The van der Waals surface area contributed by atoms with E-state index in [1.807, 2.05) is 4.90 Å². The van der Waals surface area contributed by atoms with Crippen LogP contribution in [0.5, 0.6) is 0 Å². The topological polar surface area (TPSA) is 57.7 Å². The maximum Gasteiger partial charge on any atom is 0.241 e. The maximum atomic E-state index is 12.7. The second-order valence-corrected chi connectivity index (χ2v) is 9.37. The highest BCUT2D eigenvalue weighted by Crippen LogP contribution is 2.32. The molecule has 3 rings (SSSR count). The van der Waals surface area contributed by atoms with Crippen molar-refractivity contribution < 1.29 is 13.2 Å². The molecule has 0 unspecified atom stereocenters. The van der Waals surface area contributed by atoms with Crippen molar-refractivity contribution in [3.63, 3.8) is 0 Å². The highest BCUT2D eigenvalue weighted by molar-refractivity contribution is 7.91. The Kier molecular flexibility index (Phi) is 4.42. The predicted octanol–water partition coefficient (Wildman–Crippen LogP) is 1.81. The molecule has 1 aromatic carbocycles. The average Bonchev–Trinajstić information content (AvgIpc) is 2.75. The smallest absolute Gasteiger partial charge is 0.241 e. The van der Waals surface area contributed by atoms with E-state index in [4.69, 9.17) is 11.6 Å². The van der Waals surface area contributed by atoms with E-state index in [-0.39, 0.29) is 36.0 Å². The Hall–Kier alpha value is -1.11. The van der Waals surface area contributed by atoms with Crippen LogP contribution in [-0.2, 0) is 14.6 Å². The molecule has 2 saturated heterocycles. The Morgan fingerprint density at radius 3 is 2.39 bits per heavy atom. The fraction of sp³-hybridized carbons (Fsp3) is 0.562. The Morgan fingerprint density at radius 1 is 1.17 bits per heavy atom. The summed E-state index contributed by atoms with van der Waals surface area (Å²) in [7, 11) is -3.13. The molecule has 2 heterocycles. The minimum absolute atomic E-state index is 0.0284. The highest BCUT2D eigenvalue weighted by Gasteiger charge is 2.49. The monoisotopic (exact) mass is 356 g/mol. The summed E-state index contributed by atoms with van der Waals surface area (Å²) in [6.07, 6.45) is 0. The Balaban J connectivity index is 1.96. The number of fused-ring (bicyclic) bond motifs is 1. The summed E-state index contributed by atoms with van der Waals surface area (Å²) >= 11 is 5.92. The fourth-order valence-corrected chi connectivity index (χ4v) is 5.67. The van der Waals surface area contributed by atoms with Gasteiger partial charge < -0.3 is 4.90 Å². The van der Waals surface area contributed by atoms with E-state index in [2.05, 4.69) is 13.8 Å². The van der Waals surface area contributed by atoms with Gasteiger partial charge in [-0.15, -0.1) is 0 Å². The number of carbonyl (C=O) groups excluding carboxylic acids is 1. The van der Waals surface area contributed by atoms with Crippen molar-refractivity contribution in [1.29, 1.82) is 0 Å². The van der Waals surface area contributed by atoms with Gasteiger partial charge in [0, 0.05) is 23.3 Å². The number of sulfone groups is 1. The van der Waals surface area contributed by atoms with Crippen LogP contribution in [0, 0.1) is 5.92 Å². The highest BCUT2D eigenvalue weighted by atomic mass is 35.5. The van der Waals surface area contributed by atoms with E-state index in [9.17, 15) is 13.2 Å². The van der Waals surface area contributed by atoms with Crippen molar-refractivity contribution in [3.05, 3.63) is 29.3 Å². The second kappa shape index (κ2) is 6.07. The molecule has 1 aromatic rings. The molecule has 2 fully saturated rings. The van der Waals surface area contributed by atoms with Crippen LogP contribution in [-0.4, -0.2) is 55.9 Å². The lowest BCUT2D eigenvalue weighted by molar-refractivity contribution is -0.123. The zero-order chi connectivity index (χ0) is 16.8. The molecule has 5 nitrogen and oxygen atoms in total. The fourth-order valence-electron chi connectivity index (χ4n) is 3.56. The molecule has 0 aromatic heterocycles. The first-order chi connectivity index (χ1) is 10.8. The van der Waals surface area contributed by atoms with Gasteiger partial charge in [0.1, 0.15) is 0 Å². The SMILES string of the molecule is CC(C)CN1CC(=O)N(c2ccc(Cl)cc2)[C@@H]2CS(=O)(=O)C[C@@H]21. The minimum atomic E-state index is -3.13. The Labute approximate surface area is 142 Å². The van der Waals surface area contributed by atoms with E-state index in [1.165, 1.54) is 0 Å². The molecule has 7 heteroatoms. The van der Waals surface area contributed by atoms with Gasteiger partial charge in [0.2, 0.25) is 5.91 Å². The van der Waals surface area contributed by atoms with E-state index >= 15 is 0 Å². The van der Waals surface area contributed by atoms with Gasteiger partial charge >= 0.3 is 0 Å². The molecule has 0 aliphatic carbocycles. The number of anilines is 1. The summed E-state index contributed by atoms with van der Waals surface area (Å²) in [6.45, 7) is 5.15. The lowest BCUT2D eigenvalue weighted by atomic mass is 10.0. The molecule has 0 radical (unpaired) electrons. The van der Waals surface area contributed by atoms with Crippen LogP contribution in [0.2, 0.25) is 5.02 Å². The number of benzene rings is 1. The molecular formula is C16H21ClN2O3S. The molecule has 2 aliphatic heterocycles. The molecule has 126 valence electrons. The third kappa shape index (κ3) is 3.39. The van der Waals surface area contributed by atoms with Crippen LogP contribution in [0.1, 0.15) is 13.8 Å². The number of amides is 1. The number of hydrogen-bond acceptors (Lipinski definition) is 4. The number of nitrogens with zero attached hydrogens (tertiary/aromatic N) is 2. The third-order valence-electron chi connectivity index (χ3n) is 4.41. The number of piperazine rings is 1. The van der Waals surface area contributed by atoms with Crippen molar-refractivity contribution in [2.45, 2.75) is 25.9 Å². The van der Waals surface area contributed by atoms with Gasteiger partial charge in [-0.3, -0.25) is 9.69 Å². The molecule has 1 amide bonds. The first kappa shape index (κ1) is 16.7. The van der Waals surface area contributed by atoms with E-state index < -0.39 is 9.84 Å². The van der Waals surface area contributed by atoms with Crippen LogP contribution >= 0.6 is 11.6 Å². The second-order valence-electron chi connectivity index (χ2n) is 6.78. The molecule has 23 heavy (non-hydrogen) atoms. The van der Waals surface area contributed by atoms with Crippen molar-refractivity contribution in [2.75, 3.05) is 29.5 Å². The molecule has 0 saturated carbocycles. The van der Waals surface area contributed by atoms with Crippen LogP contribution in [0.4, 0.5) is 5.69 Å². The summed E-state index contributed by atoms with van der Waals surface area (Å²) in [5.74, 6) is 0.489. The van der Waals surface area contributed by atoms with Crippen molar-refractivity contribution in [2.24, 2.45) is 5.92 Å². The van der Waals surface area contributed by atoms with Crippen molar-refractivity contribution in [1.82, 2.24) is 4.90 Å². The zero-order valence-electron chi connectivity index (χ0n) is 13.3. The largest absolute Gasteiger partial charge is 0.306 e. The Bertz CT molecular complexity index is 703. The van der Waals surface area contributed by atoms with Crippen LogP contribution in [0.15, 0.2) is 24.3 Å². The lowest BCUT2D eigenvalue weighted by Gasteiger charge is -2.44. The van der Waals surface area contributed by atoms with Gasteiger partial charge in [0.25, 0.3) is 0 Å². The molecule has 0 bridgehead atoms.